The van der Waals surface area contributed by atoms with Crippen molar-refractivity contribution in [1.29, 1.82) is 0 Å². The zero-order valence-electron chi connectivity index (χ0n) is 16.7. The third-order valence-electron chi connectivity index (χ3n) is 6.06. The quantitative estimate of drug-likeness (QED) is 0.394. The normalized spacial score (nSPS) is 15.7. The molecule has 0 spiro atoms. The van der Waals surface area contributed by atoms with Crippen LogP contribution in [0, 0.1) is 0 Å². The molecule has 0 unspecified atom stereocenters. The Bertz CT molecular complexity index is 955. The van der Waals surface area contributed by atoms with Crippen LogP contribution in [0.1, 0.15) is 46.7 Å². The van der Waals surface area contributed by atoms with Gasteiger partial charge in [0.15, 0.2) is 0 Å². The van der Waals surface area contributed by atoms with E-state index < -0.39 is 0 Å². The third-order valence-corrected chi connectivity index (χ3v) is 6.85. The Hall–Kier alpha value is -2.17. The lowest BCUT2D eigenvalue weighted by atomic mass is 9.95. The van der Waals surface area contributed by atoms with Gasteiger partial charge in [-0.3, -0.25) is 0 Å². The fourth-order valence-corrected chi connectivity index (χ4v) is 5.36. The average molecular weight is 406 g/mol. The first-order valence-electron chi connectivity index (χ1n) is 10.7. The lowest BCUT2D eigenvalue weighted by Crippen LogP contribution is -2.09. The fraction of sp³-hybridized carbons (Fsp3) is 0.360. The van der Waals surface area contributed by atoms with Crippen molar-refractivity contribution in [2.75, 3.05) is 13.2 Å². The number of nitrogens with one attached hydrogen (secondary N) is 1. The number of H-pyrrole nitrogens is 1. The average Bonchev–Trinajstić information content (AvgIpc) is 3.40. The van der Waals surface area contributed by atoms with Gasteiger partial charge in [-0.05, 0) is 78.8 Å². The van der Waals surface area contributed by atoms with Gasteiger partial charge in [0.1, 0.15) is 5.75 Å². The number of para-hydroxylation sites is 1. The lowest BCUT2D eigenvalue weighted by molar-refractivity contribution is 0.279. The van der Waals surface area contributed by atoms with Crippen LogP contribution >= 0.6 is 12.0 Å². The second kappa shape index (κ2) is 8.68. The van der Waals surface area contributed by atoms with Crippen LogP contribution in [-0.4, -0.2) is 18.2 Å². The van der Waals surface area contributed by atoms with Crippen molar-refractivity contribution in [3.8, 4) is 5.75 Å². The van der Waals surface area contributed by atoms with Gasteiger partial charge in [-0.25, -0.2) is 0 Å². The molecule has 3 aromatic rings. The van der Waals surface area contributed by atoms with Crippen molar-refractivity contribution >= 4 is 12.0 Å². The van der Waals surface area contributed by atoms with Crippen molar-refractivity contribution in [3.63, 3.8) is 0 Å². The molecule has 150 valence electrons. The minimum Gasteiger partial charge on any atom is -0.492 e. The molecule has 1 N–H and O–H groups in total. The van der Waals surface area contributed by atoms with E-state index in [1.165, 1.54) is 40.0 Å². The summed E-state index contributed by atoms with van der Waals surface area (Å²) < 4.78 is 11.8. The van der Waals surface area contributed by atoms with E-state index in [1.807, 2.05) is 0 Å². The zero-order valence-corrected chi connectivity index (χ0v) is 17.5. The number of aryl methyl sites for hydroxylation is 2. The third kappa shape index (κ3) is 4.10. The van der Waals surface area contributed by atoms with E-state index in [1.54, 1.807) is 0 Å². The molecule has 4 heteroatoms. The molecule has 5 rings (SSSR count). The number of hydrogen-bond acceptors (Lipinski definition) is 3. The Morgan fingerprint density at radius 1 is 1.00 bits per heavy atom. The van der Waals surface area contributed by atoms with E-state index in [2.05, 4.69) is 59.7 Å². The number of fused-ring (bicyclic) bond motifs is 2. The van der Waals surface area contributed by atoms with Gasteiger partial charge < -0.3 is 13.9 Å². The molecule has 1 aliphatic heterocycles. The van der Waals surface area contributed by atoms with Gasteiger partial charge in [0, 0.05) is 23.9 Å². The summed E-state index contributed by atoms with van der Waals surface area (Å²) in [5.74, 6) is 1.63. The summed E-state index contributed by atoms with van der Waals surface area (Å²) in [6, 6.07) is 17.5. The van der Waals surface area contributed by atoms with Crippen LogP contribution < -0.4 is 4.74 Å². The molecule has 0 saturated heterocycles. The Kier molecular flexibility index (Phi) is 5.64. The van der Waals surface area contributed by atoms with Gasteiger partial charge >= 0.3 is 0 Å². The van der Waals surface area contributed by atoms with E-state index in [-0.39, 0.29) is 0 Å². The van der Waals surface area contributed by atoms with Crippen LogP contribution in [0.5, 0.6) is 5.75 Å². The van der Waals surface area contributed by atoms with E-state index in [9.17, 15) is 0 Å². The first kappa shape index (κ1) is 18.8. The number of benzene rings is 2. The van der Waals surface area contributed by atoms with Crippen LogP contribution in [0.2, 0.25) is 0 Å². The molecule has 0 atom stereocenters. The lowest BCUT2D eigenvalue weighted by Gasteiger charge is -2.19. The molecule has 0 fully saturated rings. The van der Waals surface area contributed by atoms with Gasteiger partial charge in [-0.1, -0.05) is 36.4 Å². The number of rotatable bonds is 7. The monoisotopic (exact) mass is 405 g/mol. The highest BCUT2D eigenvalue weighted by atomic mass is 32.2. The number of hydrogen-bond donors (Lipinski definition) is 1. The van der Waals surface area contributed by atoms with E-state index in [0.29, 0.717) is 5.92 Å². The number of aromatic amines is 1. The smallest absolute Gasteiger partial charge is 0.138 e. The van der Waals surface area contributed by atoms with E-state index in [4.69, 9.17) is 8.92 Å². The number of ether oxygens (including phenoxy) is 1. The summed E-state index contributed by atoms with van der Waals surface area (Å²) in [5.41, 5.74) is 7.19. The molecule has 1 aromatic heterocycles. The Labute approximate surface area is 177 Å². The highest BCUT2D eigenvalue weighted by Crippen LogP contribution is 2.37. The van der Waals surface area contributed by atoms with Crippen molar-refractivity contribution in [3.05, 3.63) is 82.7 Å². The maximum absolute atomic E-state index is 5.92. The van der Waals surface area contributed by atoms with E-state index in [0.717, 1.165) is 62.4 Å². The predicted octanol–water partition coefficient (Wildman–Crippen LogP) is 5.88. The standard InChI is InChI=1S/C25H27NO2S/c1-2-7-20-17-21(16-19(20)6-1)22-12-13-26-23(22)10-5-15-28-29-24-11-3-8-18-9-4-14-27-25(18)24/h1-3,6-8,11-13,21,26H,4-5,9-10,14-17H2. The van der Waals surface area contributed by atoms with Gasteiger partial charge in [0.05, 0.1) is 18.1 Å². The molecule has 3 nitrogen and oxygen atoms in total. The van der Waals surface area contributed by atoms with Crippen molar-refractivity contribution < 1.29 is 8.92 Å². The van der Waals surface area contributed by atoms with Crippen molar-refractivity contribution in [2.24, 2.45) is 0 Å². The molecule has 0 saturated carbocycles. The van der Waals surface area contributed by atoms with Gasteiger partial charge in [-0.2, -0.15) is 0 Å². The maximum Gasteiger partial charge on any atom is 0.138 e. The second-order valence-corrected chi connectivity index (χ2v) is 8.83. The van der Waals surface area contributed by atoms with Gasteiger partial charge in [-0.15, -0.1) is 0 Å². The molecule has 0 amide bonds. The number of aromatic nitrogens is 1. The molecular weight excluding hydrogens is 378 g/mol. The van der Waals surface area contributed by atoms with Crippen LogP contribution in [0.3, 0.4) is 0 Å². The summed E-state index contributed by atoms with van der Waals surface area (Å²) in [6.07, 6.45) is 8.65. The topological polar surface area (TPSA) is 34.2 Å². The van der Waals surface area contributed by atoms with Crippen molar-refractivity contribution in [1.82, 2.24) is 4.98 Å². The minimum atomic E-state index is 0.608. The second-order valence-electron chi connectivity index (χ2n) is 7.99. The fourth-order valence-electron chi connectivity index (χ4n) is 4.63. The predicted molar refractivity (Wildman–Crippen MR) is 118 cm³/mol. The Morgan fingerprint density at radius 3 is 2.69 bits per heavy atom. The largest absolute Gasteiger partial charge is 0.492 e. The summed E-state index contributed by atoms with van der Waals surface area (Å²) >= 11 is 1.46. The maximum atomic E-state index is 5.92. The highest BCUT2D eigenvalue weighted by molar-refractivity contribution is 7.94. The van der Waals surface area contributed by atoms with Gasteiger partial charge in [0.25, 0.3) is 0 Å². The summed E-state index contributed by atoms with van der Waals surface area (Å²) in [5, 5.41) is 0. The molecule has 2 aliphatic rings. The zero-order chi connectivity index (χ0) is 19.5. The Morgan fingerprint density at radius 2 is 1.83 bits per heavy atom. The highest BCUT2D eigenvalue weighted by Gasteiger charge is 2.24. The SMILES string of the molecule is c1ccc2c(c1)CC(c1cc[nH]c1CCCOSc1cccc3c1OCCC3)C2. The molecule has 0 radical (unpaired) electrons. The van der Waals surface area contributed by atoms with Crippen LogP contribution in [-0.2, 0) is 29.9 Å². The Balaban J connectivity index is 1.13. The molecule has 0 bridgehead atoms. The van der Waals surface area contributed by atoms with Crippen molar-refractivity contribution in [2.45, 2.75) is 49.3 Å². The first-order valence-corrected chi connectivity index (χ1v) is 11.4. The first-order chi connectivity index (χ1) is 14.4. The molecule has 1 aliphatic carbocycles. The van der Waals surface area contributed by atoms with E-state index >= 15 is 0 Å². The van der Waals surface area contributed by atoms with Crippen LogP contribution in [0.25, 0.3) is 0 Å². The van der Waals surface area contributed by atoms with Crippen LogP contribution in [0.15, 0.2) is 59.6 Å². The molecule has 29 heavy (non-hydrogen) atoms. The molecule has 2 heterocycles. The molecule has 2 aromatic carbocycles. The van der Waals surface area contributed by atoms with Crippen LogP contribution in [0.4, 0.5) is 0 Å². The minimum absolute atomic E-state index is 0.608. The summed E-state index contributed by atoms with van der Waals surface area (Å²) in [7, 11) is 0. The molecular formula is C25H27NO2S. The summed E-state index contributed by atoms with van der Waals surface area (Å²) in [6.45, 7) is 1.54. The summed E-state index contributed by atoms with van der Waals surface area (Å²) in [4.78, 5) is 4.58. The van der Waals surface area contributed by atoms with Gasteiger partial charge in [0.2, 0.25) is 0 Å².